The van der Waals surface area contributed by atoms with E-state index in [1.54, 1.807) is 19.5 Å². The minimum absolute atomic E-state index is 0.377. The second-order valence-electron chi connectivity index (χ2n) is 3.81. The zero-order chi connectivity index (χ0) is 12.8. The number of imidazole rings is 1. The van der Waals surface area contributed by atoms with Crippen molar-refractivity contribution in [1.29, 1.82) is 0 Å². The van der Waals surface area contributed by atoms with Gasteiger partial charge in [0.15, 0.2) is 0 Å². The van der Waals surface area contributed by atoms with Crippen LogP contribution in [-0.2, 0) is 11.3 Å². The number of rotatable bonds is 6. The van der Waals surface area contributed by atoms with Gasteiger partial charge in [0, 0.05) is 38.7 Å². The van der Waals surface area contributed by atoms with Crippen molar-refractivity contribution in [3.8, 4) is 0 Å². The third kappa shape index (κ3) is 3.27. The van der Waals surface area contributed by atoms with E-state index in [0.29, 0.717) is 18.2 Å². The Morgan fingerprint density at radius 1 is 1.44 bits per heavy atom. The first-order valence-corrected chi connectivity index (χ1v) is 5.67. The maximum atomic E-state index is 13.0. The molecule has 2 rings (SSSR count). The highest BCUT2D eigenvalue weighted by molar-refractivity contribution is 5.51. The van der Waals surface area contributed by atoms with Gasteiger partial charge in [0.1, 0.15) is 5.82 Å². The van der Waals surface area contributed by atoms with Crippen LogP contribution in [0.3, 0.4) is 0 Å². The molecule has 0 aliphatic heterocycles. The first-order valence-electron chi connectivity index (χ1n) is 5.67. The van der Waals surface area contributed by atoms with Crippen LogP contribution in [0.4, 0.5) is 16.0 Å². The van der Waals surface area contributed by atoms with Gasteiger partial charge in [0.2, 0.25) is 5.95 Å². The van der Waals surface area contributed by atoms with Gasteiger partial charge in [0.05, 0.1) is 18.1 Å². The number of aromatic nitrogens is 3. The average Bonchev–Trinajstić information content (AvgIpc) is 2.77. The van der Waals surface area contributed by atoms with E-state index < -0.39 is 0 Å². The Hall–Kier alpha value is -1.95. The van der Waals surface area contributed by atoms with Crippen molar-refractivity contribution in [3.63, 3.8) is 0 Å². The minimum Gasteiger partial charge on any atom is -0.385 e. The van der Waals surface area contributed by atoms with Crippen LogP contribution in [0.15, 0.2) is 30.9 Å². The van der Waals surface area contributed by atoms with Crippen molar-refractivity contribution >= 4 is 11.6 Å². The number of nitrogens with one attached hydrogen (secondary N) is 1. The summed E-state index contributed by atoms with van der Waals surface area (Å²) in [4.78, 5) is 7.96. The smallest absolute Gasteiger partial charge is 0.207 e. The Balaban J connectivity index is 2.03. The molecular weight excluding hydrogens is 235 g/mol. The molecule has 2 aromatic rings. The van der Waals surface area contributed by atoms with E-state index in [1.165, 1.54) is 6.07 Å². The molecule has 0 saturated heterocycles. The third-order valence-corrected chi connectivity index (χ3v) is 2.42. The van der Waals surface area contributed by atoms with Crippen LogP contribution in [0.5, 0.6) is 0 Å². The van der Waals surface area contributed by atoms with Crippen molar-refractivity contribution in [3.05, 3.63) is 36.7 Å². The fourth-order valence-corrected chi connectivity index (χ4v) is 1.60. The maximum absolute atomic E-state index is 13.0. The van der Waals surface area contributed by atoms with E-state index >= 15 is 0 Å². The molecule has 0 aliphatic carbocycles. The number of anilines is 2. The molecule has 0 fully saturated rings. The van der Waals surface area contributed by atoms with Crippen molar-refractivity contribution in [2.75, 3.05) is 19.0 Å². The number of hydrogen-bond acceptors (Lipinski definition) is 4. The molecule has 0 bridgehead atoms. The first-order chi connectivity index (χ1) is 8.79. The summed E-state index contributed by atoms with van der Waals surface area (Å²) in [5.41, 5.74) is 0.578. The summed E-state index contributed by atoms with van der Waals surface area (Å²) in [5.74, 6) is 0.288. The fraction of sp³-hybridized carbons (Fsp3) is 0.333. The van der Waals surface area contributed by atoms with E-state index in [9.17, 15) is 4.39 Å². The molecule has 5 nitrogen and oxygen atoms in total. The Morgan fingerprint density at radius 3 is 3.11 bits per heavy atom. The van der Waals surface area contributed by atoms with Gasteiger partial charge in [-0.2, -0.15) is 0 Å². The predicted molar refractivity (Wildman–Crippen MR) is 66.2 cm³/mol. The fourth-order valence-electron chi connectivity index (χ4n) is 1.60. The largest absolute Gasteiger partial charge is 0.385 e. The highest BCUT2D eigenvalue weighted by Crippen LogP contribution is 2.14. The highest BCUT2D eigenvalue weighted by Gasteiger charge is 2.03. The lowest BCUT2D eigenvalue weighted by molar-refractivity contribution is 0.190. The predicted octanol–water partition coefficient (Wildman–Crippen LogP) is 2.20. The quantitative estimate of drug-likeness (QED) is 0.798. The van der Waals surface area contributed by atoms with Crippen LogP contribution in [0.2, 0.25) is 0 Å². The Kier molecular flexibility index (Phi) is 4.25. The summed E-state index contributed by atoms with van der Waals surface area (Å²) in [6.45, 7) is 1.48. The number of methoxy groups -OCH3 is 1. The van der Waals surface area contributed by atoms with Gasteiger partial charge in [-0.25, -0.2) is 9.37 Å². The summed E-state index contributed by atoms with van der Waals surface area (Å²) in [6.07, 6.45) is 7.17. The minimum atomic E-state index is -0.377. The van der Waals surface area contributed by atoms with Crippen LogP contribution in [0, 0.1) is 5.82 Å². The zero-order valence-corrected chi connectivity index (χ0v) is 10.1. The summed E-state index contributed by atoms with van der Waals surface area (Å²) in [6, 6.07) is 1.38. The van der Waals surface area contributed by atoms with Gasteiger partial charge in [-0.1, -0.05) is 0 Å². The summed E-state index contributed by atoms with van der Waals surface area (Å²) in [5, 5.41) is 3.03. The molecule has 0 radical (unpaired) electrons. The van der Waals surface area contributed by atoms with Gasteiger partial charge in [0.25, 0.3) is 0 Å². The van der Waals surface area contributed by atoms with Gasteiger partial charge in [-0.05, 0) is 6.42 Å². The van der Waals surface area contributed by atoms with Crippen molar-refractivity contribution in [1.82, 2.24) is 14.5 Å². The molecule has 0 aromatic carbocycles. The second kappa shape index (κ2) is 6.11. The molecule has 6 heteroatoms. The second-order valence-corrected chi connectivity index (χ2v) is 3.81. The molecule has 96 valence electrons. The Bertz CT molecular complexity index is 500. The number of ether oxygens (including phenoxy) is 1. The number of pyridine rings is 1. The molecule has 0 amide bonds. The Morgan fingerprint density at radius 2 is 2.33 bits per heavy atom. The van der Waals surface area contributed by atoms with E-state index in [2.05, 4.69) is 15.3 Å². The van der Waals surface area contributed by atoms with Gasteiger partial charge >= 0.3 is 0 Å². The van der Waals surface area contributed by atoms with Gasteiger partial charge in [-0.3, -0.25) is 4.98 Å². The molecule has 0 atom stereocenters. The van der Waals surface area contributed by atoms with Gasteiger partial charge in [-0.15, -0.1) is 0 Å². The lowest BCUT2D eigenvalue weighted by Crippen LogP contribution is -2.05. The van der Waals surface area contributed by atoms with E-state index in [0.717, 1.165) is 19.2 Å². The van der Waals surface area contributed by atoms with E-state index in [4.69, 9.17) is 4.74 Å². The first kappa shape index (κ1) is 12.5. The zero-order valence-electron chi connectivity index (χ0n) is 10.1. The van der Waals surface area contributed by atoms with E-state index in [1.807, 2.05) is 10.8 Å². The molecule has 2 aromatic heterocycles. The number of hydrogen-bond donors (Lipinski definition) is 1. The van der Waals surface area contributed by atoms with E-state index in [-0.39, 0.29) is 5.82 Å². The lowest BCUT2D eigenvalue weighted by atomic mass is 10.4. The molecule has 2 heterocycles. The molecule has 1 N–H and O–H groups in total. The lowest BCUT2D eigenvalue weighted by Gasteiger charge is -2.09. The summed E-state index contributed by atoms with van der Waals surface area (Å²) < 4.78 is 19.9. The van der Waals surface area contributed by atoms with Crippen LogP contribution >= 0.6 is 0 Å². The number of nitrogens with zero attached hydrogens (tertiary/aromatic N) is 3. The molecular formula is C12H15FN4O. The van der Waals surface area contributed by atoms with Gasteiger partial charge < -0.3 is 14.6 Å². The third-order valence-electron chi connectivity index (χ3n) is 2.42. The monoisotopic (exact) mass is 250 g/mol. The van der Waals surface area contributed by atoms with Crippen LogP contribution in [0.1, 0.15) is 6.42 Å². The maximum Gasteiger partial charge on any atom is 0.207 e. The molecule has 0 spiro atoms. The van der Waals surface area contributed by atoms with Crippen molar-refractivity contribution < 1.29 is 9.13 Å². The SMILES string of the molecule is COCCCn1ccnc1Nc1cncc(F)c1. The van der Waals surface area contributed by atoms with Crippen LogP contribution in [-0.4, -0.2) is 28.3 Å². The highest BCUT2D eigenvalue weighted by atomic mass is 19.1. The normalized spacial score (nSPS) is 10.6. The summed E-state index contributed by atoms with van der Waals surface area (Å²) in [7, 11) is 1.67. The average molecular weight is 250 g/mol. The van der Waals surface area contributed by atoms with Crippen LogP contribution in [0.25, 0.3) is 0 Å². The number of aryl methyl sites for hydroxylation is 1. The standard InChI is InChI=1S/C12H15FN4O/c1-18-6-2-4-17-5-3-15-12(17)16-11-7-10(13)8-14-9-11/h3,5,7-9H,2,4,6H2,1H3,(H,15,16). The topological polar surface area (TPSA) is 52.0 Å². The van der Waals surface area contributed by atoms with Crippen molar-refractivity contribution in [2.24, 2.45) is 0 Å². The molecule has 18 heavy (non-hydrogen) atoms. The number of halogens is 1. The van der Waals surface area contributed by atoms with Crippen molar-refractivity contribution in [2.45, 2.75) is 13.0 Å². The molecule has 0 saturated carbocycles. The Labute approximate surface area is 105 Å². The summed E-state index contributed by atoms with van der Waals surface area (Å²) >= 11 is 0. The van der Waals surface area contributed by atoms with Crippen LogP contribution < -0.4 is 5.32 Å². The molecule has 0 aliphatic rings. The molecule has 0 unspecified atom stereocenters.